The van der Waals surface area contributed by atoms with Crippen molar-refractivity contribution < 1.29 is 8.42 Å². The SMILES string of the molecule is Cc1csc(-c2ccc(S(=O)(=O)N3CCN(CC(C)Nc4ncnc5c(C)csc45)CC3)cc2)n1. The summed E-state index contributed by atoms with van der Waals surface area (Å²) in [5.41, 5.74) is 4.06. The summed E-state index contributed by atoms with van der Waals surface area (Å²) >= 11 is 3.22. The van der Waals surface area contributed by atoms with Crippen LogP contribution in [-0.2, 0) is 10.0 Å². The van der Waals surface area contributed by atoms with Crippen LogP contribution in [0.1, 0.15) is 18.2 Å². The number of thiophene rings is 1. The molecular weight excluding hydrogens is 501 g/mol. The number of hydrogen-bond donors (Lipinski definition) is 1. The van der Waals surface area contributed by atoms with E-state index < -0.39 is 10.0 Å². The number of rotatable bonds is 7. The molecule has 0 radical (unpaired) electrons. The second-order valence-electron chi connectivity index (χ2n) is 8.89. The van der Waals surface area contributed by atoms with E-state index in [2.05, 4.69) is 44.4 Å². The van der Waals surface area contributed by atoms with Crippen LogP contribution in [0.15, 0.2) is 46.2 Å². The first kappa shape index (κ1) is 24.3. The van der Waals surface area contributed by atoms with Crippen molar-refractivity contribution in [2.75, 3.05) is 38.0 Å². The first-order chi connectivity index (χ1) is 16.8. The predicted molar refractivity (Wildman–Crippen MR) is 143 cm³/mol. The molecule has 0 spiro atoms. The molecule has 11 heteroatoms. The lowest BCUT2D eigenvalue weighted by molar-refractivity contribution is 0.184. The molecule has 1 saturated heterocycles. The average molecular weight is 529 g/mol. The van der Waals surface area contributed by atoms with Gasteiger partial charge in [-0.05, 0) is 43.8 Å². The van der Waals surface area contributed by atoms with Gasteiger partial charge in [-0.15, -0.1) is 22.7 Å². The Morgan fingerprint density at radius 1 is 1.03 bits per heavy atom. The third-order valence-electron chi connectivity index (χ3n) is 6.14. The normalized spacial score (nSPS) is 16.5. The lowest BCUT2D eigenvalue weighted by atomic mass is 10.2. The van der Waals surface area contributed by atoms with Crippen molar-refractivity contribution >= 4 is 48.7 Å². The van der Waals surface area contributed by atoms with Crippen molar-refractivity contribution in [2.24, 2.45) is 0 Å². The lowest BCUT2D eigenvalue weighted by Gasteiger charge is -2.35. The van der Waals surface area contributed by atoms with Crippen LogP contribution >= 0.6 is 22.7 Å². The molecule has 4 aromatic rings. The molecule has 4 heterocycles. The largest absolute Gasteiger partial charge is 0.365 e. The van der Waals surface area contributed by atoms with Gasteiger partial charge in [0.05, 0.1) is 15.1 Å². The monoisotopic (exact) mass is 528 g/mol. The molecule has 0 amide bonds. The second-order valence-corrected chi connectivity index (χ2v) is 12.6. The summed E-state index contributed by atoms with van der Waals surface area (Å²) < 4.78 is 29.1. The van der Waals surface area contributed by atoms with Gasteiger partial charge in [0.1, 0.15) is 17.2 Å². The van der Waals surface area contributed by atoms with Gasteiger partial charge in [0.2, 0.25) is 10.0 Å². The van der Waals surface area contributed by atoms with E-state index >= 15 is 0 Å². The molecule has 1 unspecified atom stereocenters. The van der Waals surface area contributed by atoms with Crippen molar-refractivity contribution in [1.82, 2.24) is 24.2 Å². The maximum atomic E-state index is 13.2. The molecule has 1 aliphatic rings. The Morgan fingerprint density at radius 3 is 2.46 bits per heavy atom. The Balaban J connectivity index is 1.18. The molecule has 184 valence electrons. The number of fused-ring (bicyclic) bond motifs is 1. The van der Waals surface area contributed by atoms with Crippen LogP contribution in [0.5, 0.6) is 0 Å². The van der Waals surface area contributed by atoms with Gasteiger partial charge in [-0.2, -0.15) is 4.31 Å². The Kier molecular flexibility index (Phi) is 6.86. The molecular formula is C24H28N6O2S3. The molecule has 1 fully saturated rings. The van der Waals surface area contributed by atoms with Gasteiger partial charge in [0, 0.05) is 55.4 Å². The number of hydrogen-bond acceptors (Lipinski definition) is 9. The van der Waals surface area contributed by atoms with Gasteiger partial charge in [0.25, 0.3) is 0 Å². The van der Waals surface area contributed by atoms with Crippen molar-refractivity contribution in [3.63, 3.8) is 0 Å². The van der Waals surface area contributed by atoms with Crippen LogP contribution in [-0.4, -0.2) is 71.3 Å². The summed E-state index contributed by atoms with van der Waals surface area (Å²) in [5, 5.41) is 8.51. The third kappa shape index (κ3) is 5.10. The molecule has 0 aliphatic carbocycles. The van der Waals surface area contributed by atoms with Gasteiger partial charge in [0.15, 0.2) is 0 Å². The third-order valence-corrected chi connectivity index (χ3v) is 10.2. The highest BCUT2D eigenvalue weighted by molar-refractivity contribution is 7.89. The number of aromatic nitrogens is 3. The fraction of sp³-hybridized carbons (Fsp3) is 0.375. The maximum Gasteiger partial charge on any atom is 0.243 e. The van der Waals surface area contributed by atoms with Crippen LogP contribution in [0.25, 0.3) is 20.8 Å². The fourth-order valence-corrected chi connectivity index (χ4v) is 7.48. The molecule has 0 saturated carbocycles. The van der Waals surface area contributed by atoms with E-state index in [0.717, 1.165) is 44.4 Å². The maximum absolute atomic E-state index is 13.2. The molecule has 8 nitrogen and oxygen atoms in total. The molecule has 3 aromatic heterocycles. The minimum Gasteiger partial charge on any atom is -0.365 e. The Bertz CT molecular complexity index is 1420. The number of aryl methyl sites for hydroxylation is 2. The molecule has 5 rings (SSSR count). The number of nitrogens with one attached hydrogen (secondary N) is 1. The highest BCUT2D eigenvalue weighted by Crippen LogP contribution is 2.29. The number of benzene rings is 1. The molecule has 1 aliphatic heterocycles. The molecule has 1 N–H and O–H groups in total. The van der Waals surface area contributed by atoms with Crippen LogP contribution in [0, 0.1) is 13.8 Å². The number of nitrogens with zero attached hydrogens (tertiary/aromatic N) is 5. The summed E-state index contributed by atoms with van der Waals surface area (Å²) in [6, 6.07) is 7.23. The zero-order chi connectivity index (χ0) is 24.6. The fourth-order valence-electron chi connectivity index (χ4n) is 4.30. The highest BCUT2D eigenvalue weighted by atomic mass is 32.2. The highest BCUT2D eigenvalue weighted by Gasteiger charge is 2.29. The van der Waals surface area contributed by atoms with Gasteiger partial charge >= 0.3 is 0 Å². The van der Waals surface area contributed by atoms with Crippen LogP contribution in [0.2, 0.25) is 0 Å². The van der Waals surface area contributed by atoms with Gasteiger partial charge in [-0.3, -0.25) is 4.90 Å². The van der Waals surface area contributed by atoms with E-state index in [4.69, 9.17) is 0 Å². The van der Waals surface area contributed by atoms with Crippen LogP contribution in [0.4, 0.5) is 5.82 Å². The summed E-state index contributed by atoms with van der Waals surface area (Å²) in [6.45, 7) is 9.29. The summed E-state index contributed by atoms with van der Waals surface area (Å²) in [4.78, 5) is 15.9. The van der Waals surface area contributed by atoms with E-state index in [0.29, 0.717) is 31.1 Å². The molecule has 1 atom stereocenters. The Hall–Kier alpha value is -2.44. The topological polar surface area (TPSA) is 91.3 Å². The average Bonchev–Trinajstić information content (AvgIpc) is 3.46. The molecule has 1 aromatic carbocycles. The van der Waals surface area contributed by atoms with Gasteiger partial charge in [-0.25, -0.2) is 23.4 Å². The van der Waals surface area contributed by atoms with E-state index in [1.165, 1.54) is 0 Å². The summed E-state index contributed by atoms with van der Waals surface area (Å²) in [7, 11) is -3.52. The van der Waals surface area contributed by atoms with E-state index in [1.807, 2.05) is 24.4 Å². The van der Waals surface area contributed by atoms with Gasteiger partial charge in [-0.1, -0.05) is 12.1 Å². The molecule has 35 heavy (non-hydrogen) atoms. The first-order valence-corrected chi connectivity index (χ1v) is 14.7. The lowest BCUT2D eigenvalue weighted by Crippen LogP contribution is -2.50. The summed E-state index contributed by atoms with van der Waals surface area (Å²) in [5.74, 6) is 0.859. The zero-order valence-electron chi connectivity index (χ0n) is 19.9. The number of anilines is 1. The van der Waals surface area contributed by atoms with Gasteiger partial charge < -0.3 is 5.32 Å². The summed E-state index contributed by atoms with van der Waals surface area (Å²) in [6.07, 6.45) is 1.60. The van der Waals surface area contributed by atoms with Crippen molar-refractivity contribution in [3.05, 3.63) is 52.6 Å². The number of sulfonamides is 1. The predicted octanol–water partition coefficient (Wildman–Crippen LogP) is 4.24. The first-order valence-electron chi connectivity index (χ1n) is 11.5. The number of piperazine rings is 1. The van der Waals surface area contributed by atoms with Crippen LogP contribution < -0.4 is 5.32 Å². The zero-order valence-corrected chi connectivity index (χ0v) is 22.4. The standard InChI is InChI=1S/C24H28N6O2S3/c1-16-13-33-22-21(16)25-15-26-23(22)27-17(2)12-29-8-10-30(11-9-29)35(31,32)20-6-4-19(5-7-20)24-28-18(3)14-34-24/h4-7,13-15,17H,8-12H2,1-3H3,(H,25,26,27). The van der Waals surface area contributed by atoms with Crippen LogP contribution in [0.3, 0.4) is 0 Å². The van der Waals surface area contributed by atoms with E-state index in [-0.39, 0.29) is 6.04 Å². The minimum absolute atomic E-state index is 0.167. The van der Waals surface area contributed by atoms with Crippen molar-refractivity contribution in [2.45, 2.75) is 31.7 Å². The van der Waals surface area contributed by atoms with E-state index in [9.17, 15) is 8.42 Å². The Morgan fingerprint density at radius 2 is 1.77 bits per heavy atom. The quantitative estimate of drug-likeness (QED) is 0.384. The smallest absolute Gasteiger partial charge is 0.243 e. The Labute approximate surface area is 213 Å². The minimum atomic E-state index is -3.52. The van der Waals surface area contributed by atoms with Crippen molar-refractivity contribution in [3.8, 4) is 10.6 Å². The van der Waals surface area contributed by atoms with E-state index in [1.54, 1.807) is 45.4 Å². The second kappa shape index (κ2) is 9.90. The van der Waals surface area contributed by atoms with Crippen molar-refractivity contribution in [1.29, 1.82) is 0 Å². The number of thiazole rings is 1. The molecule has 0 bridgehead atoms.